The molecule has 0 atom stereocenters. The molecule has 0 radical (unpaired) electrons. The van der Waals surface area contributed by atoms with Gasteiger partial charge >= 0.3 is 0 Å². The van der Waals surface area contributed by atoms with Crippen LogP contribution in [-0.2, 0) is 0 Å². The third-order valence-electron chi connectivity index (χ3n) is 0.877. The van der Waals surface area contributed by atoms with Crippen molar-refractivity contribution in [3.8, 4) is 0 Å². The second kappa shape index (κ2) is 5.28. The summed E-state index contributed by atoms with van der Waals surface area (Å²) in [6.07, 6.45) is 5.08. The molecule has 0 aliphatic carbocycles. The molecule has 0 saturated heterocycles. The minimum atomic E-state index is 0.412. The molecule has 0 amide bonds. The van der Waals surface area contributed by atoms with E-state index >= 15 is 0 Å². The lowest BCUT2D eigenvalue weighted by Crippen LogP contribution is -2.09. The van der Waals surface area contributed by atoms with Crippen molar-refractivity contribution in [1.82, 2.24) is 5.48 Å². The summed E-state index contributed by atoms with van der Waals surface area (Å²) in [4.78, 5) is 0. The summed E-state index contributed by atoms with van der Waals surface area (Å²) in [5.41, 5.74) is 2.93. The van der Waals surface area contributed by atoms with Gasteiger partial charge in [0.05, 0.1) is 0 Å². The van der Waals surface area contributed by atoms with E-state index in [2.05, 4.69) is 13.2 Å². The Morgan fingerprint density at radius 2 is 2.22 bits per heavy atom. The summed E-state index contributed by atoms with van der Waals surface area (Å²) in [6, 6.07) is 0. The first kappa shape index (κ1) is 8.14. The fraction of sp³-hybridized carbons (Fsp3) is 0.143. The van der Waals surface area contributed by atoms with E-state index in [1.165, 1.54) is 0 Å². The quantitative estimate of drug-likeness (QED) is 0.438. The molecular weight excluding hydrogens is 114 g/mol. The molecule has 0 bridgehead atoms. The Kier molecular flexibility index (Phi) is 4.78. The van der Waals surface area contributed by atoms with E-state index in [1.807, 2.05) is 5.48 Å². The van der Waals surface area contributed by atoms with Gasteiger partial charge in [-0.1, -0.05) is 31.4 Å². The average molecular weight is 125 g/mol. The van der Waals surface area contributed by atoms with Gasteiger partial charge in [-0.25, -0.2) is 5.48 Å². The SMILES string of the molecule is C=C/C=C(\C=C)CNO. The Hall–Kier alpha value is -0.860. The predicted octanol–water partition coefficient (Wildman–Crippen LogP) is 1.26. The smallest absolute Gasteiger partial charge is 0.0457 e. The van der Waals surface area contributed by atoms with E-state index in [0.717, 1.165) is 5.57 Å². The Morgan fingerprint density at radius 3 is 2.56 bits per heavy atom. The van der Waals surface area contributed by atoms with Crippen LogP contribution in [0.25, 0.3) is 0 Å². The zero-order valence-corrected chi connectivity index (χ0v) is 5.30. The minimum Gasteiger partial charge on any atom is -0.316 e. The zero-order valence-electron chi connectivity index (χ0n) is 5.30. The number of allylic oxidation sites excluding steroid dienone is 2. The molecule has 2 nitrogen and oxygen atoms in total. The van der Waals surface area contributed by atoms with Crippen LogP contribution in [0.15, 0.2) is 37.0 Å². The van der Waals surface area contributed by atoms with Gasteiger partial charge in [0.1, 0.15) is 0 Å². The number of hydrogen-bond donors (Lipinski definition) is 2. The Labute approximate surface area is 55.2 Å². The van der Waals surface area contributed by atoms with Gasteiger partial charge in [0, 0.05) is 6.54 Å². The molecule has 50 valence electrons. The maximum absolute atomic E-state index is 8.22. The summed E-state index contributed by atoms with van der Waals surface area (Å²) in [6.45, 7) is 7.44. The van der Waals surface area contributed by atoms with Crippen molar-refractivity contribution >= 4 is 0 Å². The van der Waals surface area contributed by atoms with E-state index < -0.39 is 0 Å². The van der Waals surface area contributed by atoms with Crippen molar-refractivity contribution in [3.05, 3.63) is 37.0 Å². The van der Waals surface area contributed by atoms with Crippen LogP contribution in [0.3, 0.4) is 0 Å². The van der Waals surface area contributed by atoms with Gasteiger partial charge in [-0.3, -0.25) is 0 Å². The van der Waals surface area contributed by atoms with E-state index in [9.17, 15) is 0 Å². The summed E-state index contributed by atoms with van der Waals surface area (Å²) in [5, 5.41) is 8.22. The average Bonchev–Trinajstić information content (AvgIpc) is 1.88. The van der Waals surface area contributed by atoms with Crippen molar-refractivity contribution in [1.29, 1.82) is 0 Å². The Balaban J connectivity index is 3.80. The fourth-order valence-electron chi connectivity index (χ4n) is 0.442. The van der Waals surface area contributed by atoms with E-state index in [4.69, 9.17) is 5.21 Å². The highest BCUT2D eigenvalue weighted by molar-refractivity contribution is 5.21. The highest BCUT2D eigenvalue weighted by Gasteiger charge is 1.84. The standard InChI is InChI=1S/C7H11NO/c1-3-5-7(4-2)6-8-9/h3-5,8-9H,1-2,6H2/b7-5+. The van der Waals surface area contributed by atoms with Crippen molar-refractivity contribution < 1.29 is 5.21 Å². The van der Waals surface area contributed by atoms with Crippen LogP contribution in [0, 0.1) is 0 Å². The predicted molar refractivity (Wildman–Crippen MR) is 38.3 cm³/mol. The van der Waals surface area contributed by atoms with Gasteiger partial charge in [0.2, 0.25) is 0 Å². The summed E-state index contributed by atoms with van der Waals surface area (Å²) >= 11 is 0. The van der Waals surface area contributed by atoms with Crippen molar-refractivity contribution in [2.24, 2.45) is 0 Å². The highest BCUT2D eigenvalue weighted by Crippen LogP contribution is 1.91. The molecule has 0 spiro atoms. The molecule has 0 aliphatic rings. The van der Waals surface area contributed by atoms with Gasteiger partial charge in [0.15, 0.2) is 0 Å². The molecule has 0 aromatic heterocycles. The van der Waals surface area contributed by atoms with E-state index in [1.54, 1.807) is 18.2 Å². The fourth-order valence-corrected chi connectivity index (χ4v) is 0.442. The molecular formula is C7H11NO. The minimum absolute atomic E-state index is 0.412. The van der Waals surface area contributed by atoms with Crippen LogP contribution in [0.5, 0.6) is 0 Å². The second-order valence-electron chi connectivity index (χ2n) is 1.52. The highest BCUT2D eigenvalue weighted by atomic mass is 16.5. The van der Waals surface area contributed by atoms with Gasteiger partial charge < -0.3 is 5.21 Å². The van der Waals surface area contributed by atoms with Gasteiger partial charge in [-0.2, -0.15) is 0 Å². The van der Waals surface area contributed by atoms with Crippen LogP contribution in [0.4, 0.5) is 0 Å². The molecule has 0 saturated carbocycles. The van der Waals surface area contributed by atoms with Crippen molar-refractivity contribution in [2.45, 2.75) is 0 Å². The number of nitrogens with one attached hydrogen (secondary N) is 1. The molecule has 0 fully saturated rings. The molecule has 0 aliphatic heterocycles. The number of rotatable bonds is 4. The Morgan fingerprint density at radius 1 is 1.56 bits per heavy atom. The summed E-state index contributed by atoms with van der Waals surface area (Å²) < 4.78 is 0. The largest absolute Gasteiger partial charge is 0.316 e. The molecule has 0 heterocycles. The van der Waals surface area contributed by atoms with Crippen molar-refractivity contribution in [3.63, 3.8) is 0 Å². The maximum atomic E-state index is 8.22. The lowest BCUT2D eigenvalue weighted by molar-refractivity contribution is 0.178. The lowest BCUT2D eigenvalue weighted by atomic mass is 10.2. The number of hydroxylamine groups is 1. The Bertz CT molecular complexity index is 127. The first-order chi connectivity index (χ1) is 4.35. The number of hydrogen-bond acceptors (Lipinski definition) is 2. The molecule has 0 aromatic carbocycles. The summed E-state index contributed by atoms with van der Waals surface area (Å²) in [7, 11) is 0. The van der Waals surface area contributed by atoms with Crippen LogP contribution >= 0.6 is 0 Å². The molecule has 9 heavy (non-hydrogen) atoms. The third kappa shape index (κ3) is 3.70. The topological polar surface area (TPSA) is 32.3 Å². The molecule has 2 N–H and O–H groups in total. The zero-order chi connectivity index (χ0) is 7.11. The second-order valence-corrected chi connectivity index (χ2v) is 1.52. The summed E-state index contributed by atoms with van der Waals surface area (Å²) in [5.74, 6) is 0. The normalized spacial score (nSPS) is 11.0. The lowest BCUT2D eigenvalue weighted by Gasteiger charge is -1.95. The maximum Gasteiger partial charge on any atom is 0.0457 e. The van der Waals surface area contributed by atoms with Gasteiger partial charge in [0.25, 0.3) is 0 Å². The molecule has 0 aromatic rings. The molecule has 0 rings (SSSR count). The first-order valence-electron chi connectivity index (χ1n) is 2.66. The monoisotopic (exact) mass is 125 g/mol. The van der Waals surface area contributed by atoms with Gasteiger partial charge in [-0.15, -0.1) is 0 Å². The van der Waals surface area contributed by atoms with E-state index in [0.29, 0.717) is 6.54 Å². The van der Waals surface area contributed by atoms with Crippen molar-refractivity contribution in [2.75, 3.05) is 6.54 Å². The van der Waals surface area contributed by atoms with Crippen LogP contribution in [-0.4, -0.2) is 11.8 Å². The third-order valence-corrected chi connectivity index (χ3v) is 0.877. The molecule has 0 unspecified atom stereocenters. The van der Waals surface area contributed by atoms with Crippen LogP contribution < -0.4 is 5.48 Å². The van der Waals surface area contributed by atoms with Gasteiger partial charge in [-0.05, 0) is 5.57 Å². The van der Waals surface area contributed by atoms with E-state index in [-0.39, 0.29) is 0 Å². The first-order valence-corrected chi connectivity index (χ1v) is 2.66. The van der Waals surface area contributed by atoms with Crippen LogP contribution in [0.2, 0.25) is 0 Å². The van der Waals surface area contributed by atoms with Crippen LogP contribution in [0.1, 0.15) is 0 Å². The molecule has 2 heteroatoms.